The van der Waals surface area contributed by atoms with Crippen LogP contribution >= 0.6 is 15.9 Å². The first-order valence-corrected chi connectivity index (χ1v) is 5.61. The molecule has 0 radical (unpaired) electrons. The molecule has 0 aromatic heterocycles. The molecule has 0 spiro atoms. The SMILES string of the molecule is CNC(c1cccc(Br)c1F)C(OC)OC. The minimum atomic E-state index is -0.534. The Labute approximate surface area is 103 Å². The van der Waals surface area contributed by atoms with Gasteiger partial charge in [0.2, 0.25) is 0 Å². The van der Waals surface area contributed by atoms with E-state index in [0.29, 0.717) is 10.0 Å². The third-order valence-electron chi connectivity index (χ3n) is 2.36. The van der Waals surface area contributed by atoms with Crippen LogP contribution in [-0.4, -0.2) is 27.6 Å². The van der Waals surface area contributed by atoms with Crippen LogP contribution in [0.5, 0.6) is 0 Å². The fraction of sp³-hybridized carbons (Fsp3) is 0.455. The normalized spacial score (nSPS) is 13.1. The first-order chi connectivity index (χ1) is 7.65. The van der Waals surface area contributed by atoms with Crippen molar-refractivity contribution in [2.24, 2.45) is 0 Å². The predicted molar refractivity (Wildman–Crippen MR) is 63.7 cm³/mol. The topological polar surface area (TPSA) is 30.5 Å². The van der Waals surface area contributed by atoms with Gasteiger partial charge in [-0.15, -0.1) is 0 Å². The summed E-state index contributed by atoms with van der Waals surface area (Å²) in [6.45, 7) is 0. The highest BCUT2D eigenvalue weighted by Gasteiger charge is 2.24. The first kappa shape index (κ1) is 13.6. The summed E-state index contributed by atoms with van der Waals surface area (Å²) < 4.78 is 24.6. The standard InChI is InChI=1S/C11H15BrFNO2/c1-14-10(11(15-2)16-3)7-5-4-6-8(12)9(7)13/h4-6,10-11,14H,1-3H3. The number of methoxy groups -OCH3 is 2. The Morgan fingerprint density at radius 3 is 2.44 bits per heavy atom. The molecule has 3 nitrogen and oxygen atoms in total. The van der Waals surface area contributed by atoms with Crippen LogP contribution in [-0.2, 0) is 9.47 Å². The smallest absolute Gasteiger partial charge is 0.176 e. The highest BCUT2D eigenvalue weighted by molar-refractivity contribution is 9.10. The monoisotopic (exact) mass is 291 g/mol. The quantitative estimate of drug-likeness (QED) is 0.846. The second-order valence-corrected chi connectivity index (χ2v) is 4.10. The molecule has 0 saturated heterocycles. The van der Waals surface area contributed by atoms with E-state index >= 15 is 0 Å². The zero-order valence-electron chi connectivity index (χ0n) is 9.46. The summed E-state index contributed by atoms with van der Waals surface area (Å²) in [5, 5.41) is 2.98. The second-order valence-electron chi connectivity index (χ2n) is 3.25. The molecule has 0 aliphatic heterocycles. The highest BCUT2D eigenvalue weighted by Crippen LogP contribution is 2.26. The van der Waals surface area contributed by atoms with Crippen molar-refractivity contribution in [1.82, 2.24) is 5.32 Å². The Morgan fingerprint density at radius 2 is 1.94 bits per heavy atom. The lowest BCUT2D eigenvalue weighted by Gasteiger charge is -2.25. The molecule has 0 saturated carbocycles. The maximum absolute atomic E-state index is 13.9. The maximum Gasteiger partial charge on any atom is 0.176 e. The Morgan fingerprint density at radius 1 is 1.31 bits per heavy atom. The summed E-state index contributed by atoms with van der Waals surface area (Å²) >= 11 is 3.15. The van der Waals surface area contributed by atoms with Gasteiger partial charge in [0, 0.05) is 19.8 Å². The molecule has 0 aliphatic rings. The van der Waals surface area contributed by atoms with Crippen LogP contribution in [0.4, 0.5) is 4.39 Å². The highest BCUT2D eigenvalue weighted by atomic mass is 79.9. The van der Waals surface area contributed by atoms with E-state index in [1.54, 1.807) is 25.2 Å². The van der Waals surface area contributed by atoms with Crippen LogP contribution in [0, 0.1) is 5.82 Å². The Hall–Kier alpha value is -0.490. The maximum atomic E-state index is 13.9. The van der Waals surface area contributed by atoms with Gasteiger partial charge in [0.15, 0.2) is 6.29 Å². The summed E-state index contributed by atoms with van der Waals surface area (Å²) in [7, 11) is 4.78. The fourth-order valence-corrected chi connectivity index (χ4v) is 1.95. The van der Waals surface area contributed by atoms with E-state index in [2.05, 4.69) is 21.2 Å². The van der Waals surface area contributed by atoms with Gasteiger partial charge in [0.05, 0.1) is 10.5 Å². The molecule has 90 valence electrons. The fourth-order valence-electron chi connectivity index (χ4n) is 1.57. The molecule has 1 N–H and O–H groups in total. The molecule has 16 heavy (non-hydrogen) atoms. The van der Waals surface area contributed by atoms with E-state index in [0.717, 1.165) is 0 Å². The van der Waals surface area contributed by atoms with Crippen molar-refractivity contribution in [2.45, 2.75) is 12.3 Å². The molecule has 1 aromatic carbocycles. The first-order valence-electron chi connectivity index (χ1n) is 4.82. The third kappa shape index (κ3) is 2.79. The van der Waals surface area contributed by atoms with Gasteiger partial charge >= 0.3 is 0 Å². The molecule has 0 aliphatic carbocycles. The van der Waals surface area contributed by atoms with Gasteiger partial charge in [-0.1, -0.05) is 12.1 Å². The van der Waals surface area contributed by atoms with E-state index in [-0.39, 0.29) is 11.9 Å². The van der Waals surface area contributed by atoms with Crippen LogP contribution in [0.1, 0.15) is 11.6 Å². The summed E-state index contributed by atoms with van der Waals surface area (Å²) in [5.74, 6) is -0.305. The van der Waals surface area contributed by atoms with Gasteiger partial charge in [-0.2, -0.15) is 0 Å². The molecule has 1 unspecified atom stereocenters. The average molecular weight is 292 g/mol. The van der Waals surface area contributed by atoms with Crippen molar-refractivity contribution in [3.8, 4) is 0 Å². The molecule has 0 bridgehead atoms. The number of nitrogens with one attached hydrogen (secondary N) is 1. The molecule has 0 amide bonds. The van der Waals surface area contributed by atoms with Crippen molar-refractivity contribution in [3.05, 3.63) is 34.1 Å². The molecule has 1 aromatic rings. The lowest BCUT2D eigenvalue weighted by atomic mass is 10.1. The van der Waals surface area contributed by atoms with Gasteiger partial charge in [0.1, 0.15) is 5.82 Å². The Balaban J connectivity index is 3.07. The summed E-state index contributed by atoms with van der Waals surface area (Å²) in [6, 6.07) is 4.77. The van der Waals surface area contributed by atoms with Crippen molar-refractivity contribution < 1.29 is 13.9 Å². The van der Waals surface area contributed by atoms with Gasteiger partial charge in [-0.25, -0.2) is 4.39 Å². The van der Waals surface area contributed by atoms with Gasteiger partial charge in [-0.05, 0) is 29.0 Å². The van der Waals surface area contributed by atoms with Gasteiger partial charge < -0.3 is 14.8 Å². The van der Waals surface area contributed by atoms with Crippen LogP contribution in [0.3, 0.4) is 0 Å². The van der Waals surface area contributed by atoms with E-state index in [9.17, 15) is 4.39 Å². The van der Waals surface area contributed by atoms with Crippen molar-refractivity contribution >= 4 is 15.9 Å². The van der Waals surface area contributed by atoms with Crippen LogP contribution in [0.2, 0.25) is 0 Å². The van der Waals surface area contributed by atoms with E-state index in [4.69, 9.17) is 9.47 Å². The largest absolute Gasteiger partial charge is 0.354 e. The Bertz CT molecular complexity index is 345. The lowest BCUT2D eigenvalue weighted by molar-refractivity contribution is -0.123. The number of likely N-dealkylation sites (N-methyl/N-ethyl adjacent to an activating group) is 1. The van der Waals surface area contributed by atoms with Crippen molar-refractivity contribution in [1.29, 1.82) is 0 Å². The molecule has 1 rings (SSSR count). The second kappa shape index (κ2) is 6.30. The molecule has 1 atom stereocenters. The van der Waals surface area contributed by atoms with Gasteiger partial charge in [-0.3, -0.25) is 0 Å². The number of halogens is 2. The van der Waals surface area contributed by atoms with Crippen LogP contribution in [0.15, 0.2) is 22.7 Å². The summed E-state index contributed by atoms with van der Waals surface area (Å²) in [6.07, 6.45) is -0.534. The number of hydrogen-bond donors (Lipinski definition) is 1. The molecule has 0 fully saturated rings. The zero-order valence-corrected chi connectivity index (χ0v) is 11.0. The number of rotatable bonds is 5. The number of ether oxygens (including phenoxy) is 2. The van der Waals surface area contributed by atoms with E-state index in [1.807, 2.05) is 0 Å². The predicted octanol–water partition coefficient (Wildman–Crippen LogP) is 2.47. The lowest BCUT2D eigenvalue weighted by Crippen LogP contribution is -2.33. The molecule has 0 heterocycles. The zero-order chi connectivity index (χ0) is 12.1. The number of hydrogen-bond acceptors (Lipinski definition) is 3. The third-order valence-corrected chi connectivity index (χ3v) is 2.98. The summed E-state index contributed by atoms with van der Waals surface area (Å²) in [4.78, 5) is 0. The molecular weight excluding hydrogens is 277 g/mol. The molecule has 5 heteroatoms. The number of benzene rings is 1. The Kier molecular flexibility index (Phi) is 5.34. The van der Waals surface area contributed by atoms with Crippen LogP contribution < -0.4 is 5.32 Å². The average Bonchev–Trinajstić information content (AvgIpc) is 2.30. The van der Waals surface area contributed by atoms with E-state index in [1.165, 1.54) is 14.2 Å². The van der Waals surface area contributed by atoms with Crippen molar-refractivity contribution in [3.63, 3.8) is 0 Å². The molecular formula is C11H15BrFNO2. The summed E-state index contributed by atoms with van der Waals surface area (Å²) in [5.41, 5.74) is 0.505. The van der Waals surface area contributed by atoms with Gasteiger partial charge in [0.25, 0.3) is 0 Å². The minimum absolute atomic E-state index is 0.305. The minimum Gasteiger partial charge on any atom is -0.354 e. The van der Waals surface area contributed by atoms with Crippen LogP contribution in [0.25, 0.3) is 0 Å². The van der Waals surface area contributed by atoms with Crippen molar-refractivity contribution in [2.75, 3.05) is 21.3 Å². The van der Waals surface area contributed by atoms with E-state index < -0.39 is 6.29 Å².